The maximum atomic E-state index is 12.2. The van der Waals surface area contributed by atoms with Crippen molar-refractivity contribution in [3.63, 3.8) is 0 Å². The van der Waals surface area contributed by atoms with Crippen molar-refractivity contribution in [2.45, 2.75) is 51.6 Å². The number of aromatic nitrogens is 3. The van der Waals surface area contributed by atoms with Crippen LogP contribution in [0.5, 0.6) is 0 Å². The SMILES string of the molecule is CC1CCC(NC(=O)NC(C)c2nnc3ccccn23)CC1. The van der Waals surface area contributed by atoms with Crippen molar-refractivity contribution >= 4 is 11.7 Å². The van der Waals surface area contributed by atoms with Crippen LogP contribution in [0.25, 0.3) is 5.65 Å². The molecular formula is C16H23N5O. The molecule has 0 spiro atoms. The van der Waals surface area contributed by atoms with Crippen molar-refractivity contribution < 1.29 is 4.79 Å². The number of nitrogens with one attached hydrogen (secondary N) is 2. The minimum atomic E-state index is -0.195. The first-order chi connectivity index (χ1) is 10.6. The number of carbonyl (C=O) groups is 1. The fourth-order valence-electron chi connectivity index (χ4n) is 3.05. The number of amides is 2. The molecule has 0 radical (unpaired) electrons. The van der Waals surface area contributed by atoms with Crippen LogP contribution in [0, 0.1) is 5.92 Å². The van der Waals surface area contributed by atoms with Crippen LogP contribution in [0.3, 0.4) is 0 Å². The van der Waals surface area contributed by atoms with Crippen LogP contribution in [0.2, 0.25) is 0 Å². The molecule has 0 bridgehead atoms. The predicted molar refractivity (Wildman–Crippen MR) is 84.5 cm³/mol. The lowest BCUT2D eigenvalue weighted by atomic mass is 9.87. The van der Waals surface area contributed by atoms with Crippen LogP contribution in [0.1, 0.15) is 51.4 Å². The molecule has 1 aliphatic rings. The molecule has 1 aliphatic carbocycles. The number of rotatable bonds is 3. The fraction of sp³-hybridized carbons (Fsp3) is 0.562. The summed E-state index contributed by atoms with van der Waals surface area (Å²) in [5.41, 5.74) is 0.785. The minimum Gasteiger partial charge on any atom is -0.335 e. The third-order valence-corrected chi connectivity index (χ3v) is 4.43. The quantitative estimate of drug-likeness (QED) is 0.915. The van der Waals surface area contributed by atoms with Crippen molar-refractivity contribution in [1.82, 2.24) is 25.2 Å². The third-order valence-electron chi connectivity index (χ3n) is 4.43. The van der Waals surface area contributed by atoms with E-state index in [1.807, 2.05) is 35.7 Å². The van der Waals surface area contributed by atoms with E-state index in [9.17, 15) is 4.79 Å². The smallest absolute Gasteiger partial charge is 0.315 e. The molecule has 0 aliphatic heterocycles. The Morgan fingerprint density at radius 1 is 1.27 bits per heavy atom. The van der Waals surface area contributed by atoms with Gasteiger partial charge in [0.15, 0.2) is 11.5 Å². The maximum Gasteiger partial charge on any atom is 0.315 e. The van der Waals surface area contributed by atoms with Gasteiger partial charge in [0.25, 0.3) is 0 Å². The van der Waals surface area contributed by atoms with Gasteiger partial charge < -0.3 is 10.6 Å². The van der Waals surface area contributed by atoms with Crippen LogP contribution in [-0.4, -0.2) is 26.7 Å². The average molecular weight is 301 g/mol. The van der Waals surface area contributed by atoms with E-state index in [1.54, 1.807) is 0 Å². The number of pyridine rings is 1. The lowest BCUT2D eigenvalue weighted by molar-refractivity contribution is 0.225. The monoisotopic (exact) mass is 301 g/mol. The summed E-state index contributed by atoms with van der Waals surface area (Å²) in [5.74, 6) is 1.52. The van der Waals surface area contributed by atoms with Crippen molar-refractivity contribution in [2.75, 3.05) is 0 Å². The summed E-state index contributed by atoms with van der Waals surface area (Å²) in [6.45, 7) is 4.20. The second kappa shape index (κ2) is 6.34. The van der Waals surface area contributed by atoms with E-state index in [1.165, 1.54) is 12.8 Å². The van der Waals surface area contributed by atoms with Gasteiger partial charge in [-0.1, -0.05) is 13.0 Å². The van der Waals surface area contributed by atoms with Gasteiger partial charge in [-0.2, -0.15) is 0 Å². The van der Waals surface area contributed by atoms with Gasteiger partial charge >= 0.3 is 6.03 Å². The van der Waals surface area contributed by atoms with E-state index in [2.05, 4.69) is 27.8 Å². The van der Waals surface area contributed by atoms with E-state index in [-0.39, 0.29) is 12.1 Å². The first-order valence-electron chi connectivity index (χ1n) is 8.00. The van der Waals surface area contributed by atoms with Gasteiger partial charge in [0.05, 0.1) is 6.04 Å². The number of urea groups is 1. The lowest BCUT2D eigenvalue weighted by Gasteiger charge is -2.27. The summed E-state index contributed by atoms with van der Waals surface area (Å²) in [4.78, 5) is 12.2. The Labute approximate surface area is 130 Å². The Balaban J connectivity index is 1.59. The topological polar surface area (TPSA) is 71.3 Å². The van der Waals surface area contributed by atoms with Crippen LogP contribution < -0.4 is 10.6 Å². The molecular weight excluding hydrogens is 278 g/mol. The molecule has 22 heavy (non-hydrogen) atoms. The number of nitrogens with zero attached hydrogens (tertiary/aromatic N) is 3. The van der Waals surface area contributed by atoms with E-state index >= 15 is 0 Å². The average Bonchev–Trinajstić information content (AvgIpc) is 2.93. The van der Waals surface area contributed by atoms with E-state index < -0.39 is 0 Å². The number of carbonyl (C=O) groups excluding carboxylic acids is 1. The normalized spacial score (nSPS) is 23.2. The van der Waals surface area contributed by atoms with Gasteiger partial charge in [-0.15, -0.1) is 10.2 Å². The van der Waals surface area contributed by atoms with Gasteiger partial charge in [0, 0.05) is 12.2 Å². The number of fused-ring (bicyclic) bond motifs is 1. The zero-order chi connectivity index (χ0) is 15.5. The molecule has 6 heteroatoms. The van der Waals surface area contributed by atoms with Gasteiger partial charge in [-0.25, -0.2) is 4.79 Å². The highest BCUT2D eigenvalue weighted by Gasteiger charge is 2.21. The van der Waals surface area contributed by atoms with Crippen molar-refractivity contribution in [2.24, 2.45) is 5.92 Å². The maximum absolute atomic E-state index is 12.2. The molecule has 6 nitrogen and oxygen atoms in total. The summed E-state index contributed by atoms with van der Waals surface area (Å²) in [7, 11) is 0. The van der Waals surface area contributed by atoms with E-state index in [4.69, 9.17) is 0 Å². The highest BCUT2D eigenvalue weighted by Crippen LogP contribution is 2.23. The fourth-order valence-corrected chi connectivity index (χ4v) is 3.05. The van der Waals surface area contributed by atoms with Gasteiger partial charge in [0.2, 0.25) is 0 Å². The first-order valence-corrected chi connectivity index (χ1v) is 8.00. The van der Waals surface area contributed by atoms with Gasteiger partial charge in [-0.3, -0.25) is 4.40 Å². The second-order valence-corrected chi connectivity index (χ2v) is 6.28. The molecule has 1 atom stereocenters. The molecule has 0 aromatic carbocycles. The highest BCUT2D eigenvalue weighted by molar-refractivity contribution is 5.74. The Hall–Kier alpha value is -2.11. The number of hydrogen-bond acceptors (Lipinski definition) is 3. The molecule has 1 unspecified atom stereocenters. The minimum absolute atomic E-state index is 0.125. The van der Waals surface area contributed by atoms with Crippen molar-refractivity contribution in [3.8, 4) is 0 Å². The summed E-state index contributed by atoms with van der Waals surface area (Å²) >= 11 is 0. The summed E-state index contributed by atoms with van der Waals surface area (Å²) in [6, 6.07) is 5.71. The first kappa shape index (κ1) is 14.8. The predicted octanol–water partition coefficient (Wildman–Crippen LogP) is 2.67. The Morgan fingerprint density at radius 2 is 2.05 bits per heavy atom. The standard InChI is InChI=1S/C16H23N5O/c1-11-6-8-13(9-7-11)18-16(22)17-12(2)15-20-19-14-5-3-4-10-21(14)15/h3-5,10-13H,6-9H2,1-2H3,(H2,17,18,22). The van der Waals surface area contributed by atoms with Gasteiger partial charge in [-0.05, 0) is 50.7 Å². The van der Waals surface area contributed by atoms with Crippen molar-refractivity contribution in [1.29, 1.82) is 0 Å². The molecule has 2 aromatic heterocycles. The van der Waals surface area contributed by atoms with E-state index in [0.29, 0.717) is 6.04 Å². The van der Waals surface area contributed by atoms with Gasteiger partial charge in [0.1, 0.15) is 0 Å². The van der Waals surface area contributed by atoms with Crippen molar-refractivity contribution in [3.05, 3.63) is 30.2 Å². The summed E-state index contributed by atoms with van der Waals surface area (Å²) in [6.07, 6.45) is 6.42. The Bertz CT molecular complexity index is 645. The molecule has 1 saturated carbocycles. The molecule has 118 valence electrons. The Kier molecular flexibility index (Phi) is 4.27. The molecule has 1 fully saturated rings. The van der Waals surface area contributed by atoms with Crippen LogP contribution >= 0.6 is 0 Å². The molecule has 2 amide bonds. The van der Waals surface area contributed by atoms with Crippen LogP contribution in [-0.2, 0) is 0 Å². The highest BCUT2D eigenvalue weighted by atomic mass is 16.2. The second-order valence-electron chi connectivity index (χ2n) is 6.28. The molecule has 3 rings (SSSR count). The molecule has 2 N–H and O–H groups in total. The molecule has 2 aromatic rings. The molecule has 0 saturated heterocycles. The zero-order valence-electron chi connectivity index (χ0n) is 13.1. The lowest BCUT2D eigenvalue weighted by Crippen LogP contribution is -2.44. The van der Waals surface area contributed by atoms with Crippen LogP contribution in [0.15, 0.2) is 24.4 Å². The summed E-state index contributed by atoms with van der Waals surface area (Å²) < 4.78 is 1.90. The van der Waals surface area contributed by atoms with E-state index in [0.717, 1.165) is 30.2 Å². The molecule has 2 heterocycles. The third kappa shape index (κ3) is 3.21. The number of hydrogen-bond donors (Lipinski definition) is 2. The Morgan fingerprint density at radius 3 is 2.82 bits per heavy atom. The zero-order valence-corrected chi connectivity index (χ0v) is 13.1. The summed E-state index contributed by atoms with van der Waals surface area (Å²) in [5, 5.41) is 14.3. The largest absolute Gasteiger partial charge is 0.335 e. The van der Waals surface area contributed by atoms with Crippen LogP contribution in [0.4, 0.5) is 4.79 Å².